The van der Waals surface area contributed by atoms with E-state index < -0.39 is 53.8 Å². The Hall–Kier alpha value is -2.59. The molecule has 3 aromatic heterocycles. The van der Waals surface area contributed by atoms with Crippen molar-refractivity contribution >= 4 is 34.7 Å². The molecule has 1 aliphatic heterocycles. The van der Waals surface area contributed by atoms with Gasteiger partial charge in [0.2, 0.25) is 0 Å². The molecular weight excluding hydrogens is 567 g/mol. The van der Waals surface area contributed by atoms with E-state index in [1.807, 2.05) is 5.38 Å². The summed E-state index contributed by atoms with van der Waals surface area (Å²) in [6.45, 7) is -0.520. The van der Waals surface area contributed by atoms with Crippen molar-refractivity contribution in [3.63, 3.8) is 0 Å². The first kappa shape index (κ1) is 27.0. The van der Waals surface area contributed by atoms with Crippen LogP contribution in [0.25, 0.3) is 22.0 Å². The highest BCUT2D eigenvalue weighted by atomic mass is 35.5. The largest absolute Gasteiger partial charge is 0.394 e. The molecule has 200 valence electrons. The number of methoxy groups -OCH3 is 1. The van der Waals surface area contributed by atoms with Crippen molar-refractivity contribution in [2.75, 3.05) is 13.7 Å². The van der Waals surface area contributed by atoms with Gasteiger partial charge in [-0.25, -0.2) is 22.8 Å². The van der Waals surface area contributed by atoms with Crippen molar-refractivity contribution in [3.05, 3.63) is 64.6 Å². The highest BCUT2D eigenvalue weighted by Crippen LogP contribution is 2.42. The van der Waals surface area contributed by atoms with Crippen LogP contribution in [0.15, 0.2) is 47.1 Å². The van der Waals surface area contributed by atoms with E-state index in [2.05, 4.69) is 20.3 Å². The average molecular weight is 586 g/mol. The van der Waals surface area contributed by atoms with Gasteiger partial charge in [-0.2, -0.15) is 0 Å². The molecule has 5 rings (SSSR count). The molecule has 1 aromatic carbocycles. The predicted octanol–water partition coefficient (Wildman–Crippen LogP) is 3.96. The number of thioether (sulfide) groups is 1. The number of rotatable bonds is 7. The first-order valence-electron chi connectivity index (χ1n) is 11.1. The Morgan fingerprint density at radius 1 is 1.21 bits per heavy atom. The first-order chi connectivity index (χ1) is 18.3. The summed E-state index contributed by atoms with van der Waals surface area (Å²) < 4.78 is 54.0. The number of hydrogen-bond acceptors (Lipinski definition) is 10. The third-order valence-electron chi connectivity index (χ3n) is 5.89. The van der Waals surface area contributed by atoms with Crippen molar-refractivity contribution in [3.8, 4) is 22.0 Å². The monoisotopic (exact) mass is 585 g/mol. The van der Waals surface area contributed by atoms with Gasteiger partial charge >= 0.3 is 0 Å². The van der Waals surface area contributed by atoms with Gasteiger partial charge in [-0.1, -0.05) is 28.6 Å². The Labute approximate surface area is 227 Å². The van der Waals surface area contributed by atoms with Crippen LogP contribution in [-0.4, -0.2) is 72.6 Å². The minimum Gasteiger partial charge on any atom is -0.394 e. The number of ether oxygens (including phenoxy) is 2. The van der Waals surface area contributed by atoms with Gasteiger partial charge in [0, 0.05) is 35.3 Å². The fourth-order valence-corrected chi connectivity index (χ4v) is 6.35. The van der Waals surface area contributed by atoms with E-state index >= 15 is 0 Å². The van der Waals surface area contributed by atoms with Crippen LogP contribution in [0, 0.1) is 17.5 Å². The highest BCUT2D eigenvalue weighted by molar-refractivity contribution is 8.00. The Kier molecular flexibility index (Phi) is 8.00. The molecule has 1 saturated heterocycles. The zero-order valence-corrected chi connectivity index (χ0v) is 21.8. The number of benzene rings is 1. The van der Waals surface area contributed by atoms with E-state index in [0.29, 0.717) is 20.6 Å². The lowest BCUT2D eigenvalue weighted by Crippen LogP contribution is -2.55. The predicted molar refractivity (Wildman–Crippen MR) is 133 cm³/mol. The van der Waals surface area contributed by atoms with Crippen molar-refractivity contribution in [1.29, 1.82) is 0 Å². The van der Waals surface area contributed by atoms with Crippen LogP contribution in [-0.2, 0) is 9.47 Å². The molecule has 0 saturated carbocycles. The summed E-state index contributed by atoms with van der Waals surface area (Å²) in [5.74, 6) is -4.35. The third-order valence-corrected chi connectivity index (χ3v) is 8.05. The number of halogens is 4. The van der Waals surface area contributed by atoms with Gasteiger partial charge in [0.25, 0.3) is 0 Å². The van der Waals surface area contributed by atoms with Crippen molar-refractivity contribution in [1.82, 2.24) is 25.0 Å². The molecule has 2 N–H and O–H groups in total. The molecule has 0 radical (unpaired) electrons. The topological polar surface area (TPSA) is 115 Å². The van der Waals surface area contributed by atoms with E-state index in [4.69, 9.17) is 21.1 Å². The molecule has 38 heavy (non-hydrogen) atoms. The Morgan fingerprint density at radius 3 is 2.63 bits per heavy atom. The first-order valence-corrected chi connectivity index (χ1v) is 13.2. The molecular formula is C23H19ClF3N5O4S2. The van der Waals surface area contributed by atoms with E-state index in [0.717, 1.165) is 12.1 Å². The second-order valence-electron chi connectivity index (χ2n) is 8.20. The summed E-state index contributed by atoms with van der Waals surface area (Å²) >= 11 is 8.82. The average Bonchev–Trinajstić information content (AvgIpc) is 3.60. The normalized spacial score (nSPS) is 23.6. The van der Waals surface area contributed by atoms with Crippen LogP contribution in [0.2, 0.25) is 5.02 Å². The van der Waals surface area contributed by atoms with Gasteiger partial charge in [-0.05, 0) is 18.2 Å². The molecule has 4 heterocycles. The molecule has 0 amide bonds. The van der Waals surface area contributed by atoms with Crippen LogP contribution in [0.3, 0.4) is 0 Å². The number of aromatic nitrogens is 5. The smallest absolute Gasteiger partial charge is 0.194 e. The van der Waals surface area contributed by atoms with Gasteiger partial charge in [0.05, 0.1) is 17.8 Å². The summed E-state index contributed by atoms with van der Waals surface area (Å²) in [5, 5.41) is 31.8. The minimum atomic E-state index is -1.60. The quantitative estimate of drug-likeness (QED) is 0.311. The third kappa shape index (κ3) is 5.17. The van der Waals surface area contributed by atoms with Gasteiger partial charge in [-0.15, -0.1) is 16.4 Å². The maximum Gasteiger partial charge on any atom is 0.194 e. The molecule has 15 heteroatoms. The minimum absolute atomic E-state index is 0.0335. The molecule has 1 fully saturated rings. The summed E-state index contributed by atoms with van der Waals surface area (Å²) in [6, 6.07) is 2.35. The second kappa shape index (κ2) is 11.3. The summed E-state index contributed by atoms with van der Waals surface area (Å²) in [5.41, 5.74) is -0.241. The van der Waals surface area contributed by atoms with E-state index in [1.165, 1.54) is 47.3 Å². The standard InChI is InChI=1S/C23H19ClF3N5O4S2/c1-35-21-19(32-8-14(30-31-32)10-4-12(25)17(27)13(26)5-10)20(34)15(9-33)36-23(21)38-16-6-11(24)7-29-18(16)22-28-2-3-37-22/h2-8,15,19-21,23,33-34H,9H2,1H3/t15?,19-,20-,21?,23+/m0/s1. The van der Waals surface area contributed by atoms with Gasteiger partial charge < -0.3 is 19.7 Å². The molecule has 0 aliphatic carbocycles. The molecule has 2 unspecified atom stereocenters. The van der Waals surface area contributed by atoms with Crippen molar-refractivity contribution < 1.29 is 32.9 Å². The number of aliphatic hydroxyl groups excluding tert-OH is 2. The van der Waals surface area contributed by atoms with E-state index in [9.17, 15) is 23.4 Å². The highest BCUT2D eigenvalue weighted by Gasteiger charge is 2.47. The number of pyridine rings is 1. The SMILES string of the molecule is COC1[C@@H](Sc2cc(Cl)cnc2-c2nccs2)OC(CO)[C@H](O)[C@@H]1n1cc(-c2cc(F)c(F)c(F)c2)nn1. The molecule has 4 aromatic rings. The van der Waals surface area contributed by atoms with Crippen molar-refractivity contribution in [2.24, 2.45) is 0 Å². The van der Waals surface area contributed by atoms with Crippen LogP contribution in [0.1, 0.15) is 6.04 Å². The Balaban J connectivity index is 1.50. The summed E-state index contributed by atoms with van der Waals surface area (Å²) in [6.07, 6.45) is 1.31. The Morgan fingerprint density at radius 2 is 1.97 bits per heavy atom. The van der Waals surface area contributed by atoms with Gasteiger partial charge in [0.1, 0.15) is 46.2 Å². The summed E-state index contributed by atoms with van der Waals surface area (Å²) in [4.78, 5) is 9.35. The van der Waals surface area contributed by atoms with Gasteiger partial charge in [-0.3, -0.25) is 4.98 Å². The maximum atomic E-state index is 13.8. The maximum absolute atomic E-state index is 13.8. The van der Waals surface area contributed by atoms with Crippen LogP contribution < -0.4 is 0 Å². The number of hydrogen-bond donors (Lipinski definition) is 2. The number of thiazole rings is 1. The second-order valence-corrected chi connectivity index (χ2v) is 10.7. The van der Waals surface area contributed by atoms with Crippen LogP contribution in [0.5, 0.6) is 0 Å². The van der Waals surface area contributed by atoms with Crippen LogP contribution in [0.4, 0.5) is 13.2 Å². The zero-order chi connectivity index (χ0) is 27.0. The van der Waals surface area contributed by atoms with E-state index in [-0.39, 0.29) is 11.3 Å². The lowest BCUT2D eigenvalue weighted by molar-refractivity contribution is -0.186. The van der Waals surface area contributed by atoms with Gasteiger partial charge in [0.15, 0.2) is 17.5 Å². The van der Waals surface area contributed by atoms with Crippen molar-refractivity contribution in [2.45, 2.75) is 34.7 Å². The number of aliphatic hydroxyl groups is 2. The fraction of sp³-hybridized carbons (Fsp3) is 0.304. The Bertz CT molecular complexity index is 1410. The lowest BCUT2D eigenvalue weighted by atomic mass is 9.97. The molecule has 0 spiro atoms. The number of nitrogens with zero attached hydrogens (tertiary/aromatic N) is 5. The zero-order valence-electron chi connectivity index (χ0n) is 19.4. The van der Waals surface area contributed by atoms with E-state index in [1.54, 1.807) is 12.3 Å². The lowest BCUT2D eigenvalue weighted by Gasteiger charge is -2.43. The molecule has 5 atom stereocenters. The molecule has 9 nitrogen and oxygen atoms in total. The fourth-order valence-electron chi connectivity index (χ4n) is 4.10. The summed E-state index contributed by atoms with van der Waals surface area (Å²) in [7, 11) is 1.42. The van der Waals surface area contributed by atoms with Crippen LogP contribution >= 0.6 is 34.7 Å². The molecule has 0 bridgehead atoms. The molecule has 1 aliphatic rings.